The zero-order valence-electron chi connectivity index (χ0n) is 21.9. The Balaban J connectivity index is 1.87. The molecule has 0 unspecified atom stereocenters. The minimum atomic E-state index is -0.512. The van der Waals surface area contributed by atoms with Crippen molar-refractivity contribution in [3.05, 3.63) is 53.5 Å². The predicted octanol–water partition coefficient (Wildman–Crippen LogP) is 2.52. The second-order valence-corrected chi connectivity index (χ2v) is 9.56. The molecule has 1 aliphatic rings. The number of aromatic nitrogens is 1. The number of carbonyl (C=O) groups is 2. The van der Waals surface area contributed by atoms with Crippen LogP contribution in [0, 0.1) is 23.6 Å². The highest BCUT2D eigenvalue weighted by atomic mass is 19.1. The molecule has 3 atom stereocenters. The van der Waals surface area contributed by atoms with Gasteiger partial charge in [-0.1, -0.05) is 24.8 Å². The van der Waals surface area contributed by atoms with Gasteiger partial charge in [0.25, 0.3) is 5.91 Å². The number of rotatable bonds is 6. The van der Waals surface area contributed by atoms with Crippen molar-refractivity contribution in [1.82, 2.24) is 19.7 Å². The number of fused-ring (bicyclic) bond motifs is 1. The molecule has 0 aliphatic carbocycles. The van der Waals surface area contributed by atoms with Gasteiger partial charge < -0.3 is 25.0 Å². The van der Waals surface area contributed by atoms with Gasteiger partial charge in [-0.2, -0.15) is 0 Å². The Hall–Kier alpha value is -3.68. The molecule has 0 spiro atoms. The quantitative estimate of drug-likeness (QED) is 0.579. The van der Waals surface area contributed by atoms with E-state index in [1.165, 1.54) is 23.1 Å². The van der Waals surface area contributed by atoms with Crippen molar-refractivity contribution in [2.45, 2.75) is 26.0 Å². The van der Waals surface area contributed by atoms with Crippen LogP contribution in [0.25, 0.3) is 0 Å². The number of hydrogen-bond donors (Lipinski definition) is 2. The van der Waals surface area contributed by atoms with Gasteiger partial charge in [-0.05, 0) is 45.3 Å². The number of pyridine rings is 1. The lowest BCUT2D eigenvalue weighted by molar-refractivity contribution is 0.0356. The van der Waals surface area contributed by atoms with Crippen molar-refractivity contribution < 1.29 is 23.8 Å². The van der Waals surface area contributed by atoms with E-state index in [2.05, 4.69) is 22.1 Å². The molecule has 1 aromatic heterocycles. The number of benzene rings is 1. The monoisotopic (exact) mass is 511 g/mol. The molecule has 198 valence electrons. The molecule has 3 amide bonds. The van der Waals surface area contributed by atoms with E-state index < -0.39 is 24.0 Å². The number of anilines is 1. The van der Waals surface area contributed by atoms with Crippen molar-refractivity contribution in [3.8, 4) is 17.7 Å². The van der Waals surface area contributed by atoms with Gasteiger partial charge in [0.15, 0.2) is 0 Å². The van der Waals surface area contributed by atoms with E-state index in [4.69, 9.17) is 4.74 Å². The molecule has 0 fully saturated rings. The Kier molecular flexibility index (Phi) is 9.44. The molecule has 1 aliphatic heterocycles. The largest absolute Gasteiger partial charge is 0.472 e. The second kappa shape index (κ2) is 12.5. The van der Waals surface area contributed by atoms with Crippen molar-refractivity contribution in [3.63, 3.8) is 0 Å². The molecule has 0 radical (unpaired) electrons. The normalized spacial score (nSPS) is 18.1. The number of aliphatic hydroxyl groups is 1. The number of likely N-dealkylation sites (N-methyl/N-ethyl adjacent to an activating group) is 1. The summed E-state index contributed by atoms with van der Waals surface area (Å²) >= 11 is 0. The van der Waals surface area contributed by atoms with Crippen molar-refractivity contribution in [1.29, 1.82) is 0 Å². The lowest BCUT2D eigenvalue weighted by atomic mass is 10.00. The van der Waals surface area contributed by atoms with E-state index in [1.54, 1.807) is 37.2 Å². The van der Waals surface area contributed by atoms with Crippen molar-refractivity contribution in [2.24, 2.45) is 5.92 Å². The first-order valence-corrected chi connectivity index (χ1v) is 12.1. The van der Waals surface area contributed by atoms with Gasteiger partial charge in [-0.25, -0.2) is 14.2 Å². The number of halogens is 1. The number of ether oxygens (including phenoxy) is 1. The van der Waals surface area contributed by atoms with Crippen LogP contribution in [0.15, 0.2) is 36.5 Å². The minimum Gasteiger partial charge on any atom is -0.472 e. The van der Waals surface area contributed by atoms with Crippen LogP contribution in [0.5, 0.6) is 5.88 Å². The fraction of sp³-hybridized carbons (Fsp3) is 0.444. The molecule has 37 heavy (non-hydrogen) atoms. The van der Waals surface area contributed by atoms with E-state index in [0.717, 1.165) is 0 Å². The van der Waals surface area contributed by atoms with Crippen LogP contribution in [0.3, 0.4) is 0 Å². The topological polar surface area (TPSA) is 98.2 Å². The third-order valence-corrected chi connectivity index (χ3v) is 6.03. The van der Waals surface area contributed by atoms with Crippen molar-refractivity contribution in [2.75, 3.05) is 52.7 Å². The van der Waals surface area contributed by atoms with E-state index in [1.807, 2.05) is 25.9 Å². The van der Waals surface area contributed by atoms with Crippen LogP contribution in [0.1, 0.15) is 29.8 Å². The lowest BCUT2D eigenvalue weighted by Gasteiger charge is -2.37. The Bertz CT molecular complexity index is 1180. The number of nitrogens with zero attached hydrogens (tertiary/aromatic N) is 4. The Morgan fingerprint density at radius 3 is 2.78 bits per heavy atom. The molecule has 0 saturated heterocycles. The maximum Gasteiger partial charge on any atom is 0.321 e. The van der Waals surface area contributed by atoms with Gasteiger partial charge >= 0.3 is 6.03 Å². The van der Waals surface area contributed by atoms with Crippen LogP contribution in [0.2, 0.25) is 0 Å². The number of aliphatic hydroxyl groups excluding tert-OH is 1. The molecule has 3 rings (SSSR count). The Morgan fingerprint density at radius 2 is 2.11 bits per heavy atom. The minimum absolute atomic E-state index is 0.147. The molecule has 2 heterocycles. The zero-order valence-corrected chi connectivity index (χ0v) is 21.9. The number of carbonyl (C=O) groups excluding carboxylic acids is 2. The van der Waals surface area contributed by atoms with Crippen molar-refractivity contribution >= 4 is 17.6 Å². The van der Waals surface area contributed by atoms with E-state index >= 15 is 0 Å². The third kappa shape index (κ3) is 7.41. The van der Waals surface area contributed by atoms with Crippen LogP contribution in [-0.2, 0) is 0 Å². The van der Waals surface area contributed by atoms with Crippen LogP contribution >= 0.6 is 0 Å². The summed E-state index contributed by atoms with van der Waals surface area (Å²) in [5.74, 6) is 5.24. The molecular formula is C27H34FN5O4. The predicted molar refractivity (Wildman–Crippen MR) is 139 cm³/mol. The van der Waals surface area contributed by atoms with E-state index in [0.29, 0.717) is 24.3 Å². The average molecular weight is 512 g/mol. The molecule has 0 bridgehead atoms. The first kappa shape index (κ1) is 27.9. The van der Waals surface area contributed by atoms with Gasteiger partial charge in [0, 0.05) is 37.0 Å². The highest BCUT2D eigenvalue weighted by Crippen LogP contribution is 2.27. The average Bonchev–Trinajstić information content (AvgIpc) is 2.85. The maximum atomic E-state index is 13.5. The van der Waals surface area contributed by atoms with E-state index in [9.17, 15) is 19.1 Å². The fourth-order valence-electron chi connectivity index (χ4n) is 3.83. The first-order chi connectivity index (χ1) is 17.6. The van der Waals surface area contributed by atoms with Crippen LogP contribution in [0.4, 0.5) is 14.9 Å². The number of amides is 3. The summed E-state index contributed by atoms with van der Waals surface area (Å²) in [5, 5.41) is 12.5. The first-order valence-electron chi connectivity index (χ1n) is 12.1. The van der Waals surface area contributed by atoms with Crippen LogP contribution in [-0.4, -0.2) is 96.3 Å². The Labute approximate surface area is 217 Å². The standard InChI is InChI=1S/C27H34FN5O4/c1-18-15-33(19(2)17-34)26(35)23-12-20(8-7-11-31(3)4)14-29-25(23)37-24(18)16-32(5)27(36)30-22-10-6-9-21(28)13-22/h6,9-10,12-14,18-19,24,34H,11,15-17H2,1-5H3,(H,30,36)/t18-,19+,24+/m1/s1. The van der Waals surface area contributed by atoms with Gasteiger partial charge in [-0.15, -0.1) is 0 Å². The molecule has 10 heteroatoms. The summed E-state index contributed by atoms with van der Waals surface area (Å²) in [4.78, 5) is 35.6. The summed E-state index contributed by atoms with van der Waals surface area (Å²) < 4.78 is 19.7. The zero-order chi connectivity index (χ0) is 27.1. The molecule has 2 N–H and O–H groups in total. The van der Waals surface area contributed by atoms with Gasteiger partial charge in [0.2, 0.25) is 5.88 Å². The molecule has 0 saturated carbocycles. The highest BCUT2D eigenvalue weighted by molar-refractivity contribution is 5.97. The highest BCUT2D eigenvalue weighted by Gasteiger charge is 2.34. The summed E-state index contributed by atoms with van der Waals surface area (Å²) in [6, 6.07) is 6.44. The molecular weight excluding hydrogens is 477 g/mol. The molecule has 2 aromatic rings. The number of hydrogen-bond acceptors (Lipinski definition) is 6. The molecule has 9 nitrogen and oxygen atoms in total. The fourth-order valence-corrected chi connectivity index (χ4v) is 3.83. The Morgan fingerprint density at radius 1 is 1.35 bits per heavy atom. The summed E-state index contributed by atoms with van der Waals surface area (Å²) in [7, 11) is 5.44. The van der Waals surface area contributed by atoms with Crippen LogP contribution < -0.4 is 10.1 Å². The van der Waals surface area contributed by atoms with Gasteiger partial charge in [0.1, 0.15) is 17.5 Å². The summed E-state index contributed by atoms with van der Waals surface area (Å²) in [5.41, 5.74) is 1.17. The SMILES string of the molecule is C[C@@H]1CN([C@@H](C)CO)C(=O)c2cc(C#CCN(C)C)cnc2O[C@H]1CN(C)C(=O)Nc1cccc(F)c1. The smallest absolute Gasteiger partial charge is 0.321 e. The number of nitrogens with one attached hydrogen (secondary N) is 1. The maximum absolute atomic E-state index is 13.5. The third-order valence-electron chi connectivity index (χ3n) is 6.03. The summed E-state index contributed by atoms with van der Waals surface area (Å²) in [6.07, 6.45) is 1.04. The second-order valence-electron chi connectivity index (χ2n) is 9.56. The lowest BCUT2D eigenvalue weighted by Crippen LogP contribution is -2.50. The number of urea groups is 1. The van der Waals surface area contributed by atoms with Gasteiger partial charge in [-0.3, -0.25) is 9.69 Å². The summed E-state index contributed by atoms with van der Waals surface area (Å²) in [6.45, 7) is 4.53. The molecule has 1 aromatic carbocycles. The van der Waals surface area contributed by atoms with Gasteiger partial charge in [0.05, 0.1) is 25.7 Å². The van der Waals surface area contributed by atoms with E-state index in [-0.39, 0.29) is 36.4 Å².